The molecule has 154 valence electrons. The van der Waals surface area contributed by atoms with Crippen molar-refractivity contribution in [2.45, 2.75) is 0 Å². The van der Waals surface area contributed by atoms with Crippen LogP contribution in [0.5, 0.6) is 11.5 Å². The van der Waals surface area contributed by atoms with Crippen molar-refractivity contribution in [1.82, 2.24) is 4.98 Å². The van der Waals surface area contributed by atoms with Gasteiger partial charge in [-0.05, 0) is 35.4 Å². The van der Waals surface area contributed by atoms with E-state index in [9.17, 15) is 10.2 Å². The third kappa shape index (κ3) is 3.61. The maximum absolute atomic E-state index is 10.4. The molecule has 0 aliphatic carbocycles. The monoisotopic (exact) mass is 415 g/mol. The predicted molar refractivity (Wildman–Crippen MR) is 129 cm³/mol. The summed E-state index contributed by atoms with van der Waals surface area (Å²) in [7, 11) is 0. The fourth-order valence-corrected chi connectivity index (χ4v) is 4.02. The lowest BCUT2D eigenvalue weighted by Gasteiger charge is -2.14. The summed E-state index contributed by atoms with van der Waals surface area (Å²) in [5, 5.41) is 20.8. The third-order valence-electron chi connectivity index (χ3n) is 5.54. The third-order valence-corrected chi connectivity index (χ3v) is 5.54. The highest BCUT2D eigenvalue weighted by Gasteiger charge is 2.14. The Bertz CT molecular complexity index is 1300. The molecule has 0 amide bonds. The van der Waals surface area contributed by atoms with E-state index >= 15 is 0 Å². The van der Waals surface area contributed by atoms with Crippen LogP contribution in [-0.2, 0) is 0 Å². The summed E-state index contributed by atoms with van der Waals surface area (Å²) >= 11 is 0. The molecule has 2 N–H and O–H groups in total. The zero-order valence-electron chi connectivity index (χ0n) is 17.3. The second kappa shape index (κ2) is 8.40. The minimum atomic E-state index is 0.237. The van der Waals surface area contributed by atoms with Gasteiger partial charge in [-0.3, -0.25) is 0 Å². The Balaban J connectivity index is 1.66. The maximum atomic E-state index is 10.4. The van der Waals surface area contributed by atoms with Crippen molar-refractivity contribution >= 4 is 0 Å². The molecule has 5 aromatic rings. The lowest BCUT2D eigenvalue weighted by Crippen LogP contribution is -1.92. The van der Waals surface area contributed by atoms with Crippen molar-refractivity contribution in [2.75, 3.05) is 0 Å². The zero-order valence-corrected chi connectivity index (χ0v) is 17.3. The average molecular weight is 415 g/mol. The van der Waals surface area contributed by atoms with E-state index in [1.807, 2.05) is 103 Å². The molecule has 0 aliphatic heterocycles. The lowest BCUT2D eigenvalue weighted by molar-refractivity contribution is 0.477. The van der Waals surface area contributed by atoms with E-state index < -0.39 is 0 Å². The molecule has 5 rings (SSSR count). The maximum Gasteiger partial charge on any atom is 0.123 e. The molecule has 1 aromatic heterocycles. The normalized spacial score (nSPS) is 10.8. The second-order valence-electron chi connectivity index (χ2n) is 7.53. The van der Waals surface area contributed by atoms with Crippen LogP contribution in [0.1, 0.15) is 0 Å². The Morgan fingerprint density at radius 3 is 1.09 bits per heavy atom. The first-order valence-corrected chi connectivity index (χ1v) is 10.4. The van der Waals surface area contributed by atoms with E-state index in [2.05, 4.69) is 0 Å². The summed E-state index contributed by atoms with van der Waals surface area (Å²) < 4.78 is 0. The molecule has 3 nitrogen and oxygen atoms in total. The molecule has 32 heavy (non-hydrogen) atoms. The van der Waals surface area contributed by atoms with Gasteiger partial charge in [0.15, 0.2) is 0 Å². The van der Waals surface area contributed by atoms with Gasteiger partial charge >= 0.3 is 0 Å². The molecule has 0 saturated carbocycles. The van der Waals surface area contributed by atoms with Crippen LogP contribution in [0.3, 0.4) is 0 Å². The Morgan fingerprint density at radius 2 is 0.688 bits per heavy atom. The number of phenols is 2. The van der Waals surface area contributed by atoms with Crippen LogP contribution in [0.15, 0.2) is 115 Å². The van der Waals surface area contributed by atoms with Crippen LogP contribution in [0.25, 0.3) is 44.8 Å². The number of benzene rings is 4. The van der Waals surface area contributed by atoms with Gasteiger partial charge in [0, 0.05) is 22.3 Å². The summed E-state index contributed by atoms with van der Waals surface area (Å²) in [4.78, 5) is 4.98. The Kier molecular flexibility index (Phi) is 5.14. The molecular formula is C29H21NO2. The van der Waals surface area contributed by atoms with Crippen LogP contribution < -0.4 is 0 Å². The molecule has 0 fully saturated rings. The molecule has 0 spiro atoms. The quantitative estimate of drug-likeness (QED) is 0.327. The van der Waals surface area contributed by atoms with Gasteiger partial charge in [-0.15, -0.1) is 0 Å². The number of aromatic nitrogens is 1. The number of hydrogen-bond donors (Lipinski definition) is 2. The van der Waals surface area contributed by atoms with Crippen molar-refractivity contribution in [2.24, 2.45) is 0 Å². The number of pyridine rings is 1. The summed E-state index contributed by atoms with van der Waals surface area (Å²) in [6.45, 7) is 0. The Hall–Kier alpha value is -4.37. The zero-order chi connectivity index (χ0) is 21.9. The highest BCUT2D eigenvalue weighted by molar-refractivity contribution is 5.87. The Labute approximate surface area is 186 Å². The number of nitrogens with zero attached hydrogens (tertiary/aromatic N) is 1. The van der Waals surface area contributed by atoms with E-state index in [0.717, 1.165) is 44.8 Å². The molecule has 0 radical (unpaired) electrons. The number of phenolic OH excluding ortho intramolecular Hbond substituents is 2. The van der Waals surface area contributed by atoms with Gasteiger partial charge in [-0.1, -0.05) is 91.0 Å². The highest BCUT2D eigenvalue weighted by Crippen LogP contribution is 2.39. The van der Waals surface area contributed by atoms with Crippen molar-refractivity contribution in [3.63, 3.8) is 0 Å². The minimum absolute atomic E-state index is 0.237. The smallest absolute Gasteiger partial charge is 0.123 e. The van der Waals surface area contributed by atoms with Crippen molar-refractivity contribution in [3.05, 3.63) is 115 Å². The topological polar surface area (TPSA) is 53.4 Å². The largest absolute Gasteiger partial charge is 0.507 e. The van der Waals surface area contributed by atoms with Gasteiger partial charge in [0.25, 0.3) is 0 Å². The standard InChI is InChI=1S/C29H21NO2/c31-28-18-7-5-14-24(28)20-10-1-3-12-22(20)26-16-9-17-27(30-26)23-13-4-2-11-21(23)25-15-6-8-19-29(25)32/h1-19,31-32H. The second-order valence-corrected chi connectivity index (χ2v) is 7.53. The molecule has 0 bridgehead atoms. The molecule has 1 heterocycles. The van der Waals surface area contributed by atoms with Crippen molar-refractivity contribution in [1.29, 1.82) is 0 Å². The van der Waals surface area contributed by atoms with E-state index in [-0.39, 0.29) is 11.5 Å². The first-order valence-electron chi connectivity index (χ1n) is 10.4. The van der Waals surface area contributed by atoms with E-state index in [4.69, 9.17) is 4.98 Å². The molecule has 0 unspecified atom stereocenters. The fourth-order valence-electron chi connectivity index (χ4n) is 4.02. The number of para-hydroxylation sites is 2. The van der Waals surface area contributed by atoms with E-state index in [0.29, 0.717) is 0 Å². The molecule has 0 aliphatic rings. The van der Waals surface area contributed by atoms with Crippen LogP contribution in [0, 0.1) is 0 Å². The van der Waals surface area contributed by atoms with E-state index in [1.165, 1.54) is 0 Å². The Morgan fingerprint density at radius 1 is 0.344 bits per heavy atom. The predicted octanol–water partition coefficient (Wildman–Crippen LogP) is 7.16. The van der Waals surface area contributed by atoms with Crippen molar-refractivity contribution in [3.8, 4) is 56.3 Å². The first-order chi connectivity index (χ1) is 15.7. The van der Waals surface area contributed by atoms with E-state index in [1.54, 1.807) is 12.1 Å². The molecule has 4 aromatic carbocycles. The summed E-state index contributed by atoms with van der Waals surface area (Å²) in [5.74, 6) is 0.474. The first kappa shape index (κ1) is 19.6. The molecular weight excluding hydrogens is 394 g/mol. The molecule has 3 heteroatoms. The fraction of sp³-hybridized carbons (Fsp3) is 0. The average Bonchev–Trinajstić information content (AvgIpc) is 2.85. The number of aromatic hydroxyl groups is 2. The van der Waals surface area contributed by atoms with Crippen molar-refractivity contribution < 1.29 is 10.2 Å². The SMILES string of the molecule is Oc1ccccc1-c1ccccc1-c1cccc(-c2ccccc2-c2ccccc2O)n1. The summed E-state index contributed by atoms with van der Waals surface area (Å²) in [6, 6.07) is 36.5. The van der Waals surface area contributed by atoms with Gasteiger partial charge in [0.05, 0.1) is 11.4 Å². The molecule has 0 atom stereocenters. The number of rotatable bonds is 4. The lowest BCUT2D eigenvalue weighted by atomic mass is 9.95. The van der Waals surface area contributed by atoms with Crippen LogP contribution in [-0.4, -0.2) is 15.2 Å². The van der Waals surface area contributed by atoms with Gasteiger partial charge < -0.3 is 10.2 Å². The summed E-state index contributed by atoms with van der Waals surface area (Å²) in [6.07, 6.45) is 0. The number of hydrogen-bond acceptors (Lipinski definition) is 3. The van der Waals surface area contributed by atoms with Gasteiger partial charge in [-0.25, -0.2) is 4.98 Å². The van der Waals surface area contributed by atoms with Crippen LogP contribution >= 0.6 is 0 Å². The van der Waals surface area contributed by atoms with Gasteiger partial charge in [0.1, 0.15) is 11.5 Å². The minimum Gasteiger partial charge on any atom is -0.507 e. The van der Waals surface area contributed by atoms with Gasteiger partial charge in [-0.2, -0.15) is 0 Å². The summed E-state index contributed by atoms with van der Waals surface area (Å²) in [5.41, 5.74) is 6.89. The van der Waals surface area contributed by atoms with Crippen LogP contribution in [0.2, 0.25) is 0 Å². The van der Waals surface area contributed by atoms with Gasteiger partial charge in [0.2, 0.25) is 0 Å². The van der Waals surface area contributed by atoms with Crippen LogP contribution in [0.4, 0.5) is 0 Å². The molecule has 0 saturated heterocycles. The highest BCUT2D eigenvalue weighted by atomic mass is 16.3.